The van der Waals surface area contributed by atoms with E-state index in [1.165, 1.54) is 44.2 Å². The zero-order chi connectivity index (χ0) is 15.7. The van der Waals surface area contributed by atoms with Gasteiger partial charge in [0.25, 0.3) is 0 Å². The van der Waals surface area contributed by atoms with Crippen LogP contribution >= 0.6 is 0 Å². The normalized spacial score (nSPS) is 22.4. The lowest BCUT2D eigenvalue weighted by Crippen LogP contribution is -2.29. The molecule has 4 nitrogen and oxygen atoms in total. The molecule has 2 aliphatic rings. The Hall–Kier alpha value is -1.55. The molecule has 0 aromatic carbocycles. The monoisotopic (exact) mass is 316 g/mol. The summed E-state index contributed by atoms with van der Waals surface area (Å²) in [5.41, 5.74) is 1.23. The molecule has 2 saturated heterocycles. The first kappa shape index (κ1) is 16.3. The number of nitrogens with zero attached hydrogens (tertiary/aromatic N) is 2. The average Bonchev–Trinajstić information content (AvgIpc) is 2.63. The van der Waals surface area contributed by atoms with Gasteiger partial charge in [-0.3, -0.25) is 0 Å². The number of hydrogen-bond acceptors (Lipinski definition) is 4. The summed E-state index contributed by atoms with van der Waals surface area (Å²) in [4.78, 5) is 6.74. The molecular weight excluding hydrogens is 288 g/mol. The van der Waals surface area contributed by atoms with Crippen molar-refractivity contribution in [1.82, 2.24) is 4.98 Å². The summed E-state index contributed by atoms with van der Waals surface area (Å²) >= 11 is 0. The number of aromatic nitrogens is 1. The summed E-state index contributed by atoms with van der Waals surface area (Å²) in [6.45, 7) is 3.78. The fourth-order valence-corrected chi connectivity index (χ4v) is 3.27. The fraction of sp³-hybridized carbons (Fsp3) is 0.632. The molecule has 0 N–H and O–H groups in total. The van der Waals surface area contributed by atoms with E-state index < -0.39 is 0 Å². The Morgan fingerprint density at radius 1 is 1.17 bits per heavy atom. The van der Waals surface area contributed by atoms with Crippen LogP contribution in [-0.4, -0.2) is 37.4 Å². The SMILES string of the molecule is C(=C/CC1CCCCO1)/COc1cc(N2CCCCC2)ccn1. The molecule has 0 aliphatic carbocycles. The van der Waals surface area contributed by atoms with E-state index in [0.29, 0.717) is 18.6 Å². The minimum atomic E-state index is 0.403. The van der Waals surface area contributed by atoms with E-state index in [4.69, 9.17) is 9.47 Å². The van der Waals surface area contributed by atoms with Crippen LogP contribution in [0.2, 0.25) is 0 Å². The molecule has 1 atom stereocenters. The van der Waals surface area contributed by atoms with Gasteiger partial charge < -0.3 is 14.4 Å². The van der Waals surface area contributed by atoms with Gasteiger partial charge in [-0.25, -0.2) is 4.98 Å². The van der Waals surface area contributed by atoms with Crippen molar-refractivity contribution in [3.63, 3.8) is 0 Å². The predicted octanol–water partition coefficient (Wildman–Crippen LogP) is 3.97. The van der Waals surface area contributed by atoms with Gasteiger partial charge in [-0.15, -0.1) is 0 Å². The molecule has 1 aromatic rings. The second-order valence-electron chi connectivity index (χ2n) is 6.41. The smallest absolute Gasteiger partial charge is 0.215 e. The van der Waals surface area contributed by atoms with Crippen molar-refractivity contribution >= 4 is 5.69 Å². The van der Waals surface area contributed by atoms with Crippen LogP contribution in [0.5, 0.6) is 5.88 Å². The maximum atomic E-state index is 5.76. The first-order valence-electron chi connectivity index (χ1n) is 9.02. The molecule has 0 amide bonds. The predicted molar refractivity (Wildman–Crippen MR) is 93.1 cm³/mol. The van der Waals surface area contributed by atoms with Crippen LogP contribution in [0.25, 0.3) is 0 Å². The first-order valence-corrected chi connectivity index (χ1v) is 9.02. The quantitative estimate of drug-likeness (QED) is 0.744. The third kappa shape index (κ3) is 5.24. The summed E-state index contributed by atoms with van der Waals surface area (Å²) in [5.74, 6) is 0.714. The van der Waals surface area contributed by atoms with Gasteiger partial charge in [-0.05, 0) is 51.0 Å². The molecule has 0 radical (unpaired) electrons. The van der Waals surface area contributed by atoms with Crippen molar-refractivity contribution in [2.45, 2.75) is 51.0 Å². The van der Waals surface area contributed by atoms with Gasteiger partial charge in [-0.2, -0.15) is 0 Å². The van der Waals surface area contributed by atoms with Crippen molar-refractivity contribution in [2.75, 3.05) is 31.2 Å². The maximum absolute atomic E-state index is 5.76. The molecule has 4 heteroatoms. The van der Waals surface area contributed by atoms with Gasteiger partial charge >= 0.3 is 0 Å². The fourth-order valence-electron chi connectivity index (χ4n) is 3.27. The van der Waals surface area contributed by atoms with E-state index in [-0.39, 0.29) is 0 Å². The Labute approximate surface area is 139 Å². The van der Waals surface area contributed by atoms with Crippen LogP contribution in [0.15, 0.2) is 30.5 Å². The highest BCUT2D eigenvalue weighted by Gasteiger charge is 2.12. The average molecular weight is 316 g/mol. The van der Waals surface area contributed by atoms with Gasteiger partial charge in [0.2, 0.25) is 5.88 Å². The topological polar surface area (TPSA) is 34.6 Å². The highest BCUT2D eigenvalue weighted by molar-refractivity contribution is 5.48. The molecule has 0 bridgehead atoms. The Morgan fingerprint density at radius 3 is 2.91 bits per heavy atom. The van der Waals surface area contributed by atoms with E-state index in [9.17, 15) is 0 Å². The summed E-state index contributed by atoms with van der Waals surface area (Å²) < 4.78 is 11.5. The highest BCUT2D eigenvalue weighted by Crippen LogP contribution is 2.22. The van der Waals surface area contributed by atoms with Crippen molar-refractivity contribution in [1.29, 1.82) is 0 Å². The molecule has 1 unspecified atom stereocenters. The number of ether oxygens (including phenoxy) is 2. The highest BCUT2D eigenvalue weighted by atomic mass is 16.5. The van der Waals surface area contributed by atoms with Crippen LogP contribution in [0.3, 0.4) is 0 Å². The largest absolute Gasteiger partial charge is 0.473 e. The molecule has 2 aliphatic heterocycles. The molecule has 3 heterocycles. The second-order valence-corrected chi connectivity index (χ2v) is 6.41. The van der Waals surface area contributed by atoms with Crippen LogP contribution in [-0.2, 0) is 4.74 Å². The summed E-state index contributed by atoms with van der Waals surface area (Å²) in [6.07, 6.45) is 15.1. The van der Waals surface area contributed by atoms with Crippen LogP contribution in [0.1, 0.15) is 44.9 Å². The van der Waals surface area contributed by atoms with E-state index in [2.05, 4.69) is 34.2 Å². The van der Waals surface area contributed by atoms with E-state index in [1.54, 1.807) is 0 Å². The van der Waals surface area contributed by atoms with Crippen LogP contribution < -0.4 is 9.64 Å². The minimum Gasteiger partial charge on any atom is -0.473 e. The Morgan fingerprint density at radius 2 is 2.09 bits per heavy atom. The summed E-state index contributed by atoms with van der Waals surface area (Å²) in [7, 11) is 0. The molecule has 0 spiro atoms. The second kappa shape index (κ2) is 8.92. The van der Waals surface area contributed by atoms with Crippen molar-refractivity contribution in [3.05, 3.63) is 30.5 Å². The van der Waals surface area contributed by atoms with E-state index in [0.717, 1.165) is 26.1 Å². The lowest BCUT2D eigenvalue weighted by Gasteiger charge is -2.28. The summed E-state index contributed by atoms with van der Waals surface area (Å²) in [6, 6.07) is 4.14. The molecule has 3 rings (SSSR count). The van der Waals surface area contributed by atoms with Gasteiger partial charge in [0, 0.05) is 37.6 Å². The standard InChI is InChI=1S/C19H28N2O2/c1-4-12-21(13-5-1)17-10-11-20-19(16-17)23-15-7-3-9-18-8-2-6-14-22-18/h3,7,10-11,16,18H,1-2,4-6,8-9,12-15H2/b7-3-. The zero-order valence-electron chi connectivity index (χ0n) is 14.0. The van der Waals surface area contributed by atoms with Crippen LogP contribution in [0.4, 0.5) is 5.69 Å². The number of rotatable bonds is 6. The first-order chi connectivity index (χ1) is 11.4. The number of piperidine rings is 1. The molecular formula is C19H28N2O2. The Balaban J connectivity index is 1.42. The summed E-state index contributed by atoms with van der Waals surface area (Å²) in [5, 5.41) is 0. The van der Waals surface area contributed by atoms with Crippen molar-refractivity contribution < 1.29 is 9.47 Å². The Bertz CT molecular complexity index is 492. The van der Waals surface area contributed by atoms with Gasteiger partial charge in [-0.1, -0.05) is 12.2 Å². The molecule has 0 saturated carbocycles. The third-order valence-electron chi connectivity index (χ3n) is 4.61. The zero-order valence-corrected chi connectivity index (χ0v) is 14.0. The van der Waals surface area contributed by atoms with Gasteiger partial charge in [0.05, 0.1) is 6.10 Å². The molecule has 1 aromatic heterocycles. The van der Waals surface area contributed by atoms with Crippen molar-refractivity contribution in [3.8, 4) is 5.88 Å². The lowest BCUT2D eigenvalue weighted by atomic mass is 10.1. The van der Waals surface area contributed by atoms with Crippen molar-refractivity contribution in [2.24, 2.45) is 0 Å². The molecule has 2 fully saturated rings. The van der Waals surface area contributed by atoms with Gasteiger partial charge in [0.1, 0.15) is 6.61 Å². The van der Waals surface area contributed by atoms with E-state index in [1.807, 2.05) is 6.20 Å². The lowest BCUT2D eigenvalue weighted by molar-refractivity contribution is 0.0184. The van der Waals surface area contributed by atoms with Gasteiger partial charge in [0.15, 0.2) is 0 Å². The minimum absolute atomic E-state index is 0.403. The molecule has 126 valence electrons. The van der Waals surface area contributed by atoms with Crippen LogP contribution in [0, 0.1) is 0 Å². The number of anilines is 1. The third-order valence-corrected chi connectivity index (χ3v) is 4.61. The number of hydrogen-bond donors (Lipinski definition) is 0. The van der Waals surface area contributed by atoms with E-state index >= 15 is 0 Å². The maximum Gasteiger partial charge on any atom is 0.215 e. The Kier molecular flexibility index (Phi) is 6.33. The molecule has 23 heavy (non-hydrogen) atoms. The number of pyridine rings is 1.